The number of nitrogens with one attached hydrogen (secondary N) is 1. The van der Waals surface area contributed by atoms with Gasteiger partial charge < -0.3 is 0 Å². The van der Waals surface area contributed by atoms with Crippen molar-refractivity contribution in [2.45, 2.75) is 47.1 Å². The van der Waals surface area contributed by atoms with Crippen LogP contribution in [0.1, 0.15) is 41.6 Å². The molecule has 0 aliphatic carbocycles. The third kappa shape index (κ3) is 4.82. The van der Waals surface area contributed by atoms with E-state index in [0.717, 1.165) is 16.5 Å². The summed E-state index contributed by atoms with van der Waals surface area (Å²) < 4.78 is 2.83. The van der Waals surface area contributed by atoms with Gasteiger partial charge in [-0.05, 0) is 30.2 Å². The maximum atomic E-state index is 12.3. The van der Waals surface area contributed by atoms with Crippen molar-refractivity contribution in [1.29, 1.82) is 0 Å². The van der Waals surface area contributed by atoms with E-state index in [-0.39, 0.29) is 18.7 Å². The van der Waals surface area contributed by atoms with Crippen molar-refractivity contribution in [2.75, 3.05) is 0 Å². The Kier molecular flexibility index (Phi) is 7.04. The van der Waals surface area contributed by atoms with Gasteiger partial charge in [-0.3, -0.25) is 14.5 Å². The highest BCUT2D eigenvalue weighted by Crippen LogP contribution is 2.20. The fraction of sp³-hybridized carbons (Fsp3) is 0.444. The number of rotatable bonds is 4. The summed E-state index contributed by atoms with van der Waals surface area (Å²) >= 11 is 4.11. The van der Waals surface area contributed by atoms with E-state index < -0.39 is 0 Å². The molecule has 0 radical (unpaired) electrons. The highest BCUT2D eigenvalue weighted by Gasteiger charge is 2.28. The minimum Gasteiger partial charge on any atom is -0.297 e. The Morgan fingerprint density at radius 1 is 1.32 bits per heavy atom. The third-order valence-corrected chi connectivity index (χ3v) is 3.63. The van der Waals surface area contributed by atoms with Crippen LogP contribution in [-0.4, -0.2) is 16.8 Å². The Balaban J connectivity index is 0.00000155. The monoisotopic (exact) mass is 320 g/mol. The Morgan fingerprint density at radius 3 is 2.59 bits per heavy atom. The van der Waals surface area contributed by atoms with Crippen LogP contribution >= 0.6 is 12.8 Å². The van der Waals surface area contributed by atoms with Gasteiger partial charge in [0.15, 0.2) is 5.78 Å². The summed E-state index contributed by atoms with van der Waals surface area (Å²) in [7, 11) is 0. The molecular weight excluding hydrogens is 292 g/mol. The van der Waals surface area contributed by atoms with Gasteiger partial charge in [-0.2, -0.15) is 0 Å². The number of fused-ring (bicyclic) bond motifs is 1. The molecular formula is C18H28N2OS. The molecule has 0 aliphatic rings. The van der Waals surface area contributed by atoms with Gasteiger partial charge in [0, 0.05) is 18.4 Å². The lowest BCUT2D eigenvalue weighted by Crippen LogP contribution is -2.40. The Morgan fingerprint density at radius 2 is 2.00 bits per heavy atom. The van der Waals surface area contributed by atoms with Gasteiger partial charge in [0.05, 0.1) is 11.6 Å². The van der Waals surface area contributed by atoms with Gasteiger partial charge in [0.2, 0.25) is 0 Å². The van der Waals surface area contributed by atoms with Gasteiger partial charge in [0.25, 0.3) is 0 Å². The van der Waals surface area contributed by atoms with E-state index >= 15 is 0 Å². The van der Waals surface area contributed by atoms with Crippen LogP contribution in [0.15, 0.2) is 36.5 Å². The zero-order valence-corrected chi connectivity index (χ0v) is 14.9. The van der Waals surface area contributed by atoms with Crippen molar-refractivity contribution in [1.82, 2.24) is 9.71 Å². The first-order valence-corrected chi connectivity index (χ1v) is 8.14. The molecule has 1 aromatic heterocycles. The van der Waals surface area contributed by atoms with E-state index in [4.69, 9.17) is 0 Å². The maximum absolute atomic E-state index is 12.3. The first-order valence-electron chi connectivity index (χ1n) is 7.69. The van der Waals surface area contributed by atoms with Crippen molar-refractivity contribution in [3.63, 3.8) is 0 Å². The van der Waals surface area contributed by atoms with Gasteiger partial charge in [-0.15, -0.1) is 0 Å². The zero-order valence-electron chi connectivity index (χ0n) is 14.1. The number of ketones is 1. The maximum Gasteiger partial charge on any atom is 0.156 e. The van der Waals surface area contributed by atoms with Crippen molar-refractivity contribution in [3.8, 4) is 0 Å². The highest BCUT2D eigenvalue weighted by atomic mass is 32.1. The number of carbonyl (C=O) groups excluding carboxylic acids is 1. The van der Waals surface area contributed by atoms with Gasteiger partial charge in [-0.25, -0.2) is 0 Å². The lowest BCUT2D eigenvalue weighted by molar-refractivity contribution is -0.127. The number of hydrogen-bond donors (Lipinski definition) is 2. The average molecular weight is 321 g/mol. The second-order valence-corrected chi connectivity index (χ2v) is 6.29. The van der Waals surface area contributed by atoms with E-state index in [9.17, 15) is 4.79 Å². The predicted molar refractivity (Wildman–Crippen MR) is 99.3 cm³/mol. The van der Waals surface area contributed by atoms with Crippen LogP contribution in [0.2, 0.25) is 0 Å². The third-order valence-electron chi connectivity index (χ3n) is 3.32. The number of Topliss-reactive ketones (excluding diaryl/α,β-unsaturated/α-hetero) is 1. The van der Waals surface area contributed by atoms with Crippen molar-refractivity contribution in [2.24, 2.45) is 5.41 Å². The summed E-state index contributed by atoms with van der Waals surface area (Å²) in [6.45, 7) is 9.79. The Bertz CT molecular complexity index is 626. The normalized spacial score (nSPS) is 12.5. The van der Waals surface area contributed by atoms with Gasteiger partial charge in [-0.1, -0.05) is 59.6 Å². The number of carbonyl (C=O) groups is 1. The van der Waals surface area contributed by atoms with E-state index in [2.05, 4.69) is 28.6 Å². The Hall–Kier alpha value is -1.39. The van der Waals surface area contributed by atoms with Gasteiger partial charge in [0.1, 0.15) is 0 Å². The first kappa shape index (κ1) is 18.7. The molecule has 0 bridgehead atoms. The standard InChI is InChI=1S/C16H20N2OS.C2H6.H2/c1-16(2,3)15(19)14(18-20)10-11-6-7-13-12(9-11)5-4-8-17-13;1-2;/h4-9,14,18,20H,10H2,1-3H3;1-2H3;1H. The van der Waals surface area contributed by atoms with Crippen molar-refractivity contribution < 1.29 is 6.22 Å². The van der Waals surface area contributed by atoms with E-state index in [0.29, 0.717) is 6.42 Å². The van der Waals surface area contributed by atoms with Crippen molar-refractivity contribution >= 4 is 29.5 Å². The quantitative estimate of drug-likeness (QED) is 0.817. The lowest BCUT2D eigenvalue weighted by atomic mass is 9.84. The molecule has 22 heavy (non-hydrogen) atoms. The topological polar surface area (TPSA) is 42.0 Å². The molecule has 1 unspecified atom stereocenters. The summed E-state index contributed by atoms with van der Waals surface area (Å²) in [6, 6.07) is 9.75. The van der Waals surface area contributed by atoms with Crippen LogP contribution < -0.4 is 4.72 Å². The van der Waals surface area contributed by atoms with Crippen LogP contribution in [0.5, 0.6) is 0 Å². The molecule has 1 heterocycles. The van der Waals surface area contributed by atoms with Gasteiger partial charge >= 0.3 is 0 Å². The second-order valence-electron chi connectivity index (χ2n) is 6.03. The number of benzene rings is 1. The molecule has 0 saturated carbocycles. The summed E-state index contributed by atoms with van der Waals surface area (Å²) in [4.78, 5) is 16.6. The second kappa shape index (κ2) is 8.30. The number of nitrogens with zero attached hydrogens (tertiary/aromatic N) is 1. The fourth-order valence-electron chi connectivity index (χ4n) is 2.21. The molecule has 0 saturated heterocycles. The smallest absolute Gasteiger partial charge is 0.156 e. The van der Waals surface area contributed by atoms with E-state index in [1.807, 2.05) is 58.9 Å². The molecule has 0 spiro atoms. The molecule has 0 aliphatic heterocycles. The molecule has 1 aromatic carbocycles. The molecule has 4 heteroatoms. The Labute approximate surface area is 140 Å². The lowest BCUT2D eigenvalue weighted by Gasteiger charge is -2.24. The van der Waals surface area contributed by atoms with Crippen LogP contribution in [0, 0.1) is 5.41 Å². The van der Waals surface area contributed by atoms with E-state index in [1.165, 1.54) is 0 Å². The average Bonchev–Trinajstić information content (AvgIpc) is 2.53. The van der Waals surface area contributed by atoms with Crippen LogP contribution in [0.25, 0.3) is 10.9 Å². The van der Waals surface area contributed by atoms with Crippen LogP contribution in [-0.2, 0) is 11.2 Å². The summed E-state index contributed by atoms with van der Waals surface area (Å²) in [6.07, 6.45) is 2.41. The largest absolute Gasteiger partial charge is 0.297 e. The zero-order chi connectivity index (χ0) is 16.8. The SMILES string of the molecule is CC.CC(C)(C)C(=O)C(Cc1ccc2ncccc2c1)NS.[HH]. The number of hydrogen-bond acceptors (Lipinski definition) is 4. The first-order chi connectivity index (χ1) is 10.4. The molecule has 0 amide bonds. The summed E-state index contributed by atoms with van der Waals surface area (Å²) in [5.74, 6) is 0.166. The number of thiol groups is 1. The van der Waals surface area contributed by atoms with Crippen molar-refractivity contribution in [3.05, 3.63) is 42.1 Å². The minimum absolute atomic E-state index is 0. The molecule has 1 atom stereocenters. The van der Waals surface area contributed by atoms with E-state index in [1.54, 1.807) is 6.20 Å². The predicted octanol–water partition coefficient (Wildman–Crippen LogP) is 4.47. The minimum atomic E-state index is -0.376. The highest BCUT2D eigenvalue weighted by molar-refractivity contribution is 7.78. The summed E-state index contributed by atoms with van der Waals surface area (Å²) in [5.41, 5.74) is 1.70. The molecule has 1 N–H and O–H groups in total. The molecule has 2 aromatic rings. The molecule has 2 rings (SSSR count). The molecule has 122 valence electrons. The van der Waals surface area contributed by atoms with Crippen LogP contribution in [0.4, 0.5) is 0 Å². The summed E-state index contributed by atoms with van der Waals surface area (Å²) in [5, 5.41) is 1.09. The molecule has 3 nitrogen and oxygen atoms in total. The molecule has 0 fully saturated rings. The van der Waals surface area contributed by atoms with Crippen LogP contribution in [0.3, 0.4) is 0 Å². The number of pyridine rings is 1. The fourth-order valence-corrected chi connectivity index (χ4v) is 2.42. The number of aromatic nitrogens is 1.